The van der Waals surface area contributed by atoms with E-state index in [9.17, 15) is 0 Å². The van der Waals surface area contributed by atoms with Crippen LogP contribution < -0.4 is 10.6 Å². The molecule has 1 aliphatic heterocycles. The molecule has 2 aromatic heterocycles. The quantitative estimate of drug-likeness (QED) is 0.554. The lowest BCUT2D eigenvalue weighted by molar-refractivity contribution is 1.06. The van der Waals surface area contributed by atoms with Crippen molar-refractivity contribution < 1.29 is 0 Å². The van der Waals surface area contributed by atoms with E-state index in [-0.39, 0.29) is 0 Å². The first-order chi connectivity index (χ1) is 12.8. The van der Waals surface area contributed by atoms with Crippen molar-refractivity contribution in [2.75, 3.05) is 17.2 Å². The smallest absolute Gasteiger partial charge is 0.187 e. The first-order valence-corrected chi connectivity index (χ1v) is 9.41. The number of aromatic nitrogens is 3. The van der Waals surface area contributed by atoms with Crippen molar-refractivity contribution in [3.05, 3.63) is 72.1 Å². The normalized spacial score (nSPS) is 12.6. The zero-order valence-corrected chi connectivity index (χ0v) is 14.8. The third-order valence-electron chi connectivity index (χ3n) is 4.54. The van der Waals surface area contributed by atoms with Gasteiger partial charge in [-0.15, -0.1) is 11.3 Å². The Bertz CT molecular complexity index is 1030. The van der Waals surface area contributed by atoms with Crippen LogP contribution in [0.2, 0.25) is 0 Å². The molecule has 0 aliphatic carbocycles. The van der Waals surface area contributed by atoms with E-state index in [1.807, 2.05) is 10.8 Å². The van der Waals surface area contributed by atoms with Gasteiger partial charge in [0.25, 0.3) is 0 Å². The van der Waals surface area contributed by atoms with Gasteiger partial charge >= 0.3 is 0 Å². The number of nitrogens with zero attached hydrogens (tertiary/aromatic N) is 3. The highest BCUT2D eigenvalue weighted by Gasteiger charge is 2.11. The molecule has 0 bridgehead atoms. The Morgan fingerprint density at radius 1 is 1.12 bits per heavy atom. The van der Waals surface area contributed by atoms with Crippen molar-refractivity contribution in [1.29, 1.82) is 0 Å². The van der Waals surface area contributed by atoms with Gasteiger partial charge in [-0.25, -0.2) is 9.97 Å². The van der Waals surface area contributed by atoms with E-state index in [0.29, 0.717) is 0 Å². The molecule has 0 spiro atoms. The highest BCUT2D eigenvalue weighted by atomic mass is 32.1. The summed E-state index contributed by atoms with van der Waals surface area (Å²) in [7, 11) is 0. The van der Waals surface area contributed by atoms with E-state index >= 15 is 0 Å². The zero-order chi connectivity index (χ0) is 17.3. The SMILES string of the molecule is c1cn(-c2ccc(-c3csc(Nc4ccc5c(c4)CCN5)n3)cc2)cn1. The van der Waals surface area contributed by atoms with Gasteiger partial charge in [0.05, 0.1) is 12.0 Å². The molecule has 0 unspecified atom stereocenters. The van der Waals surface area contributed by atoms with Gasteiger partial charge in [-0.1, -0.05) is 12.1 Å². The highest BCUT2D eigenvalue weighted by molar-refractivity contribution is 7.14. The van der Waals surface area contributed by atoms with Gasteiger partial charge in [-0.2, -0.15) is 0 Å². The lowest BCUT2D eigenvalue weighted by Crippen LogP contribution is -1.92. The van der Waals surface area contributed by atoms with E-state index in [4.69, 9.17) is 4.98 Å². The number of anilines is 3. The van der Waals surface area contributed by atoms with E-state index in [0.717, 1.165) is 40.7 Å². The number of hydrogen-bond acceptors (Lipinski definition) is 5. The van der Waals surface area contributed by atoms with Crippen LogP contribution in [0.4, 0.5) is 16.5 Å². The topological polar surface area (TPSA) is 54.8 Å². The van der Waals surface area contributed by atoms with Gasteiger partial charge in [0, 0.05) is 46.9 Å². The van der Waals surface area contributed by atoms with Crippen LogP contribution in [0.5, 0.6) is 0 Å². The Balaban J connectivity index is 1.35. The van der Waals surface area contributed by atoms with Gasteiger partial charge in [-0.3, -0.25) is 0 Å². The van der Waals surface area contributed by atoms with Crippen LogP contribution in [-0.4, -0.2) is 21.1 Å². The molecule has 4 aromatic rings. The molecule has 128 valence electrons. The summed E-state index contributed by atoms with van der Waals surface area (Å²) in [5, 5.41) is 9.80. The fourth-order valence-corrected chi connectivity index (χ4v) is 3.93. The van der Waals surface area contributed by atoms with Crippen LogP contribution in [-0.2, 0) is 6.42 Å². The number of nitrogens with one attached hydrogen (secondary N) is 2. The van der Waals surface area contributed by atoms with Gasteiger partial charge in [-0.05, 0) is 42.3 Å². The maximum absolute atomic E-state index is 4.73. The van der Waals surface area contributed by atoms with Crippen LogP contribution in [0.15, 0.2) is 66.6 Å². The van der Waals surface area contributed by atoms with Gasteiger partial charge < -0.3 is 15.2 Å². The Morgan fingerprint density at radius 3 is 2.88 bits per heavy atom. The van der Waals surface area contributed by atoms with Gasteiger partial charge in [0.15, 0.2) is 5.13 Å². The van der Waals surface area contributed by atoms with E-state index in [1.165, 1.54) is 11.3 Å². The molecule has 1 aliphatic rings. The summed E-state index contributed by atoms with van der Waals surface area (Å²) in [6.07, 6.45) is 6.59. The van der Waals surface area contributed by atoms with Crippen molar-refractivity contribution >= 4 is 27.8 Å². The fourth-order valence-electron chi connectivity index (χ4n) is 3.19. The fraction of sp³-hybridized carbons (Fsp3) is 0.100. The van der Waals surface area contributed by atoms with Crippen LogP contribution >= 0.6 is 11.3 Å². The highest BCUT2D eigenvalue weighted by Crippen LogP contribution is 2.30. The molecule has 0 atom stereocenters. The Kier molecular flexibility index (Phi) is 3.68. The molecule has 2 N–H and O–H groups in total. The molecule has 0 fully saturated rings. The average Bonchev–Trinajstić information content (AvgIpc) is 3.43. The van der Waals surface area contributed by atoms with Crippen molar-refractivity contribution in [3.8, 4) is 16.9 Å². The maximum Gasteiger partial charge on any atom is 0.187 e. The Morgan fingerprint density at radius 2 is 2.04 bits per heavy atom. The molecule has 26 heavy (non-hydrogen) atoms. The minimum atomic E-state index is 0.907. The predicted molar refractivity (Wildman–Crippen MR) is 107 cm³/mol. The molecule has 5 nitrogen and oxygen atoms in total. The van der Waals surface area contributed by atoms with Crippen molar-refractivity contribution in [2.24, 2.45) is 0 Å². The number of thiazole rings is 1. The first-order valence-electron chi connectivity index (χ1n) is 8.53. The lowest BCUT2D eigenvalue weighted by atomic mass is 10.1. The standard InChI is InChI=1S/C20H17N5S/c1-4-17(25-10-9-21-13-25)5-2-14(1)19-12-26-20(24-19)23-16-3-6-18-15(11-16)7-8-22-18/h1-6,9-13,22H,7-8H2,(H,23,24). The zero-order valence-electron chi connectivity index (χ0n) is 14.0. The van der Waals surface area contributed by atoms with Crippen LogP contribution in [0.3, 0.4) is 0 Å². The van der Waals surface area contributed by atoms with Crippen molar-refractivity contribution in [2.45, 2.75) is 6.42 Å². The predicted octanol–water partition coefficient (Wildman–Crippen LogP) is 4.71. The van der Waals surface area contributed by atoms with E-state index in [2.05, 4.69) is 63.5 Å². The summed E-state index contributed by atoms with van der Waals surface area (Å²) in [5.41, 5.74) is 6.87. The summed E-state index contributed by atoms with van der Waals surface area (Å²) >= 11 is 1.62. The summed E-state index contributed by atoms with van der Waals surface area (Å²) in [6.45, 7) is 1.02. The van der Waals surface area contributed by atoms with Crippen LogP contribution in [0.1, 0.15) is 5.56 Å². The number of imidazole rings is 1. The van der Waals surface area contributed by atoms with E-state index in [1.54, 1.807) is 23.9 Å². The number of benzene rings is 2. The molecule has 0 saturated carbocycles. The molecule has 5 rings (SSSR count). The molecule has 0 amide bonds. The van der Waals surface area contributed by atoms with Gasteiger partial charge in [0.1, 0.15) is 0 Å². The minimum Gasteiger partial charge on any atom is -0.384 e. The summed E-state index contributed by atoms with van der Waals surface area (Å²) < 4.78 is 1.99. The molecule has 3 heterocycles. The van der Waals surface area contributed by atoms with Gasteiger partial charge in [0.2, 0.25) is 0 Å². The average molecular weight is 359 g/mol. The van der Waals surface area contributed by atoms with Crippen molar-refractivity contribution in [1.82, 2.24) is 14.5 Å². The van der Waals surface area contributed by atoms with Crippen LogP contribution in [0, 0.1) is 0 Å². The number of hydrogen-bond donors (Lipinski definition) is 2. The molecule has 0 saturated heterocycles. The van der Waals surface area contributed by atoms with E-state index < -0.39 is 0 Å². The molecular weight excluding hydrogens is 342 g/mol. The molecular formula is C20H17N5S. The third kappa shape index (κ3) is 2.84. The second kappa shape index (κ2) is 6.31. The third-order valence-corrected chi connectivity index (χ3v) is 5.29. The minimum absolute atomic E-state index is 0.907. The summed E-state index contributed by atoms with van der Waals surface area (Å²) in [5.74, 6) is 0. The maximum atomic E-state index is 4.73. The largest absolute Gasteiger partial charge is 0.384 e. The lowest BCUT2D eigenvalue weighted by Gasteiger charge is -2.05. The first kappa shape index (κ1) is 15.2. The Labute approximate surface area is 155 Å². The van der Waals surface area contributed by atoms with Crippen molar-refractivity contribution in [3.63, 3.8) is 0 Å². The molecule has 6 heteroatoms. The summed E-state index contributed by atoms with van der Waals surface area (Å²) in [6, 6.07) is 14.8. The number of fused-ring (bicyclic) bond motifs is 1. The second-order valence-electron chi connectivity index (χ2n) is 6.23. The second-order valence-corrected chi connectivity index (χ2v) is 7.09. The molecule has 0 radical (unpaired) electrons. The Hall–Kier alpha value is -3.12. The monoisotopic (exact) mass is 359 g/mol. The summed E-state index contributed by atoms with van der Waals surface area (Å²) in [4.78, 5) is 8.82. The molecule has 2 aromatic carbocycles. The number of rotatable bonds is 4. The van der Waals surface area contributed by atoms with Crippen LogP contribution in [0.25, 0.3) is 16.9 Å².